The number of rotatable bonds is 5. The molecule has 2 N–H and O–H groups in total. The van der Waals surface area contributed by atoms with Crippen LogP contribution in [0.2, 0.25) is 0 Å². The van der Waals surface area contributed by atoms with Crippen LogP contribution in [0.25, 0.3) is 0 Å². The molecule has 0 aliphatic heterocycles. The fraction of sp³-hybridized carbons (Fsp3) is 0.375. The van der Waals surface area contributed by atoms with Crippen molar-refractivity contribution >= 4 is 15.8 Å². The minimum atomic E-state index is -3.27. The van der Waals surface area contributed by atoms with Crippen LogP contribution >= 0.6 is 0 Å². The van der Waals surface area contributed by atoms with Gasteiger partial charge < -0.3 is 5.32 Å². The largest absolute Gasteiger partial charge is 0.367 e. The van der Waals surface area contributed by atoms with Crippen LogP contribution in [0.3, 0.4) is 0 Å². The lowest BCUT2D eigenvalue weighted by Gasteiger charge is -2.06. The first-order valence-corrected chi connectivity index (χ1v) is 5.96. The molecular formula is C8H12FN3O2S. The molecule has 1 aromatic heterocycles. The first-order valence-electron chi connectivity index (χ1n) is 4.31. The maximum Gasteiger partial charge on any atom is 0.213 e. The van der Waals surface area contributed by atoms with Crippen molar-refractivity contribution in [3.8, 4) is 0 Å². The third-order valence-electron chi connectivity index (χ3n) is 1.73. The van der Waals surface area contributed by atoms with Gasteiger partial charge in [0, 0.05) is 12.7 Å². The summed E-state index contributed by atoms with van der Waals surface area (Å²) in [6.45, 7) is 0.108. The molecule has 0 amide bonds. The highest BCUT2D eigenvalue weighted by Gasteiger charge is 2.07. The van der Waals surface area contributed by atoms with E-state index in [2.05, 4.69) is 15.0 Å². The molecule has 0 spiro atoms. The number of pyridine rings is 1. The Morgan fingerprint density at radius 1 is 1.53 bits per heavy atom. The second-order valence-corrected chi connectivity index (χ2v) is 4.83. The molecule has 0 aromatic carbocycles. The zero-order valence-electron chi connectivity index (χ0n) is 8.20. The van der Waals surface area contributed by atoms with Gasteiger partial charge in [-0.25, -0.2) is 22.5 Å². The van der Waals surface area contributed by atoms with Gasteiger partial charge in [-0.1, -0.05) is 0 Å². The van der Waals surface area contributed by atoms with Crippen LogP contribution in [0, 0.1) is 5.82 Å². The number of anilines is 1. The van der Waals surface area contributed by atoms with E-state index in [1.807, 2.05) is 0 Å². The molecule has 0 bridgehead atoms. The maximum atomic E-state index is 13.0. The summed E-state index contributed by atoms with van der Waals surface area (Å²) in [5.74, 6) is -0.567. The van der Waals surface area contributed by atoms with E-state index in [1.54, 1.807) is 0 Å². The van der Waals surface area contributed by atoms with Crippen LogP contribution in [0.5, 0.6) is 0 Å². The topological polar surface area (TPSA) is 71.1 Å². The number of sulfonamides is 1. The number of hydrogen-bond acceptors (Lipinski definition) is 4. The summed E-state index contributed by atoms with van der Waals surface area (Å²) in [4.78, 5) is 3.72. The lowest BCUT2D eigenvalue weighted by atomic mass is 10.4. The van der Waals surface area contributed by atoms with E-state index in [4.69, 9.17) is 0 Å². The molecule has 0 saturated carbocycles. The van der Waals surface area contributed by atoms with E-state index in [-0.39, 0.29) is 18.1 Å². The molecule has 0 radical (unpaired) electrons. The van der Waals surface area contributed by atoms with Gasteiger partial charge in [0.1, 0.15) is 0 Å². The van der Waals surface area contributed by atoms with Gasteiger partial charge in [-0.2, -0.15) is 0 Å². The molecule has 1 aromatic rings. The Labute approximate surface area is 87.8 Å². The first-order chi connectivity index (χ1) is 7.05. The highest BCUT2D eigenvalue weighted by molar-refractivity contribution is 7.89. The minimum absolute atomic E-state index is 0.0591. The lowest BCUT2D eigenvalue weighted by molar-refractivity contribution is 0.588. The molecule has 0 saturated heterocycles. The van der Waals surface area contributed by atoms with Crippen LogP contribution in [0.1, 0.15) is 0 Å². The smallest absolute Gasteiger partial charge is 0.213 e. The Kier molecular flexibility index (Phi) is 3.98. The van der Waals surface area contributed by atoms with Gasteiger partial charge in [-0.15, -0.1) is 0 Å². The predicted octanol–water partition coefficient (Wildman–Crippen LogP) is 0.182. The Hall–Kier alpha value is -1.21. The Bertz CT molecular complexity index is 422. The number of nitrogens with zero attached hydrogens (tertiary/aromatic N) is 1. The number of aromatic nitrogens is 1. The number of nitrogens with one attached hydrogen (secondary N) is 2. The predicted molar refractivity (Wildman–Crippen MR) is 55.5 cm³/mol. The zero-order valence-corrected chi connectivity index (χ0v) is 9.01. The first kappa shape index (κ1) is 11.9. The summed E-state index contributed by atoms with van der Waals surface area (Å²) in [5, 5.41) is 2.60. The summed E-state index contributed by atoms with van der Waals surface area (Å²) >= 11 is 0. The summed E-state index contributed by atoms with van der Waals surface area (Å²) < 4.78 is 37.2. The monoisotopic (exact) mass is 233 g/mol. The molecule has 0 fully saturated rings. The Morgan fingerprint density at radius 3 is 2.87 bits per heavy atom. The van der Waals surface area contributed by atoms with Crippen molar-refractivity contribution in [2.75, 3.05) is 24.7 Å². The van der Waals surface area contributed by atoms with Crippen molar-refractivity contribution in [3.63, 3.8) is 0 Å². The zero-order chi connectivity index (χ0) is 11.3. The molecule has 1 rings (SSSR count). The maximum absolute atomic E-state index is 13.0. The third-order valence-corrected chi connectivity index (χ3v) is 3.10. The Balaban J connectivity index is 2.49. The summed E-state index contributed by atoms with van der Waals surface area (Å²) in [6.07, 6.45) is 1.43. The van der Waals surface area contributed by atoms with E-state index >= 15 is 0 Å². The van der Waals surface area contributed by atoms with Crippen LogP contribution in [-0.4, -0.2) is 32.7 Å². The van der Waals surface area contributed by atoms with Gasteiger partial charge in [0.2, 0.25) is 10.0 Å². The van der Waals surface area contributed by atoms with Crippen LogP contribution in [0.4, 0.5) is 10.2 Å². The van der Waals surface area contributed by atoms with Crippen molar-refractivity contribution in [2.24, 2.45) is 0 Å². The van der Waals surface area contributed by atoms with Crippen molar-refractivity contribution < 1.29 is 12.8 Å². The quantitative estimate of drug-likeness (QED) is 0.761. The molecule has 0 unspecified atom stereocenters. The number of halogens is 1. The highest BCUT2D eigenvalue weighted by atomic mass is 32.2. The number of hydrogen-bond donors (Lipinski definition) is 2. The van der Waals surface area contributed by atoms with Gasteiger partial charge in [0.05, 0.1) is 5.75 Å². The molecule has 0 atom stereocenters. The summed E-state index contributed by atoms with van der Waals surface area (Å²) in [7, 11) is -1.94. The van der Waals surface area contributed by atoms with Gasteiger partial charge in [0.15, 0.2) is 11.6 Å². The van der Waals surface area contributed by atoms with Crippen molar-refractivity contribution in [1.29, 1.82) is 0 Å². The highest BCUT2D eigenvalue weighted by Crippen LogP contribution is 2.07. The molecule has 1 heterocycles. The molecular weight excluding hydrogens is 221 g/mol. The molecule has 5 nitrogen and oxygen atoms in total. The van der Waals surface area contributed by atoms with Gasteiger partial charge in [-0.3, -0.25) is 0 Å². The molecule has 0 aliphatic rings. The van der Waals surface area contributed by atoms with Crippen molar-refractivity contribution in [2.45, 2.75) is 0 Å². The van der Waals surface area contributed by atoms with Crippen LogP contribution in [0.15, 0.2) is 18.3 Å². The van der Waals surface area contributed by atoms with Crippen molar-refractivity contribution in [1.82, 2.24) is 9.71 Å². The van der Waals surface area contributed by atoms with Crippen LogP contribution < -0.4 is 10.0 Å². The average molecular weight is 233 g/mol. The molecule has 84 valence electrons. The molecule has 7 heteroatoms. The van der Waals surface area contributed by atoms with Gasteiger partial charge in [0.25, 0.3) is 0 Å². The second kappa shape index (κ2) is 5.04. The molecule has 15 heavy (non-hydrogen) atoms. The molecule has 0 aliphatic carbocycles. The van der Waals surface area contributed by atoms with E-state index in [1.165, 1.54) is 25.4 Å². The Morgan fingerprint density at radius 2 is 2.27 bits per heavy atom. The van der Waals surface area contributed by atoms with Gasteiger partial charge in [-0.05, 0) is 19.2 Å². The minimum Gasteiger partial charge on any atom is -0.367 e. The van der Waals surface area contributed by atoms with E-state index in [0.29, 0.717) is 0 Å². The third kappa shape index (κ3) is 3.80. The van der Waals surface area contributed by atoms with Crippen molar-refractivity contribution in [3.05, 3.63) is 24.1 Å². The SMILES string of the molecule is CNS(=O)(=O)CCNc1ncccc1F. The van der Waals surface area contributed by atoms with E-state index in [9.17, 15) is 12.8 Å². The summed E-state index contributed by atoms with van der Waals surface area (Å²) in [5.41, 5.74) is 0. The second-order valence-electron chi connectivity index (χ2n) is 2.78. The summed E-state index contributed by atoms with van der Waals surface area (Å²) in [6, 6.07) is 2.72. The fourth-order valence-electron chi connectivity index (χ4n) is 0.922. The standard InChI is InChI=1S/C8H12FN3O2S/c1-10-15(13,14)6-5-12-8-7(9)3-2-4-11-8/h2-4,10H,5-6H2,1H3,(H,11,12). The van der Waals surface area contributed by atoms with E-state index < -0.39 is 15.8 Å². The lowest BCUT2D eigenvalue weighted by Crippen LogP contribution is -2.26. The normalized spacial score (nSPS) is 11.3. The average Bonchev–Trinajstić information content (AvgIpc) is 2.21. The van der Waals surface area contributed by atoms with Crippen LogP contribution in [-0.2, 0) is 10.0 Å². The fourth-order valence-corrected chi connectivity index (χ4v) is 1.50. The van der Waals surface area contributed by atoms with E-state index in [0.717, 1.165) is 0 Å². The van der Waals surface area contributed by atoms with Gasteiger partial charge >= 0.3 is 0 Å².